The minimum Gasteiger partial charge on any atom is -0.305 e. The van der Waals surface area contributed by atoms with Crippen LogP contribution in [0, 0.1) is 0 Å². The molecule has 1 aromatic rings. The first kappa shape index (κ1) is 13.3. The van der Waals surface area contributed by atoms with E-state index in [0.29, 0.717) is 0 Å². The van der Waals surface area contributed by atoms with Gasteiger partial charge in [-0.2, -0.15) is 5.10 Å². The lowest BCUT2D eigenvalue weighted by Gasteiger charge is -2.05. The quantitative estimate of drug-likeness (QED) is 0.776. The predicted octanol–water partition coefficient (Wildman–Crippen LogP) is 1.31. The van der Waals surface area contributed by atoms with E-state index in [1.165, 1.54) is 5.56 Å². The van der Waals surface area contributed by atoms with Gasteiger partial charge in [-0.25, -0.2) is 0 Å². The summed E-state index contributed by atoms with van der Waals surface area (Å²) in [5, 5.41) is 6.58. The Hall–Kier alpha value is -0.250. The van der Waals surface area contributed by atoms with Crippen LogP contribution >= 0.6 is 24.8 Å². The summed E-state index contributed by atoms with van der Waals surface area (Å²) in [5.74, 6) is 0. The third-order valence-corrected chi connectivity index (χ3v) is 1.05. The number of aromatic amines is 1. The van der Waals surface area contributed by atoms with Gasteiger partial charge in [-0.3, -0.25) is 5.10 Å². The number of aromatic nitrogens is 2. The maximum Gasteiger partial charge on any atom is 0.0532 e. The first-order valence-corrected chi connectivity index (χ1v) is 2.91. The van der Waals surface area contributed by atoms with Crippen LogP contribution in [0.15, 0.2) is 12.4 Å². The highest BCUT2D eigenvalue weighted by Crippen LogP contribution is 1.95. The molecule has 1 rings (SSSR count). The topological polar surface area (TPSA) is 31.9 Å². The molecular weight excluding hydrogens is 185 g/mol. The van der Waals surface area contributed by atoms with Crippen LogP contribution in [0.1, 0.15) is 5.56 Å². The smallest absolute Gasteiger partial charge is 0.0532 e. The lowest BCUT2D eigenvalue weighted by Crippen LogP contribution is -2.09. The molecule has 0 amide bonds. The van der Waals surface area contributed by atoms with Crippen LogP contribution in [0.4, 0.5) is 0 Å². The zero-order valence-corrected chi connectivity index (χ0v) is 8.21. The summed E-state index contributed by atoms with van der Waals surface area (Å²) >= 11 is 0. The third kappa shape index (κ3) is 5.07. The van der Waals surface area contributed by atoms with Crippen LogP contribution in [0.5, 0.6) is 0 Å². The summed E-state index contributed by atoms with van der Waals surface area (Å²) < 4.78 is 0. The number of H-pyrrole nitrogens is 1. The lowest BCUT2D eigenvalue weighted by molar-refractivity contribution is 0.402. The molecule has 0 bridgehead atoms. The van der Waals surface area contributed by atoms with Crippen molar-refractivity contribution in [3.63, 3.8) is 0 Å². The molecule has 0 fully saturated rings. The number of nitrogens with zero attached hydrogens (tertiary/aromatic N) is 2. The van der Waals surface area contributed by atoms with Crippen molar-refractivity contribution in [2.24, 2.45) is 0 Å². The number of halogens is 2. The van der Waals surface area contributed by atoms with E-state index in [0.717, 1.165) is 6.54 Å². The Bertz CT molecular complexity index is 162. The molecule has 0 atom stereocenters. The predicted molar refractivity (Wildman–Crippen MR) is 50.5 cm³/mol. The SMILES string of the molecule is CN(C)Cc1cn[nH]c1.Cl.Cl. The van der Waals surface area contributed by atoms with Crippen LogP contribution in [-0.2, 0) is 6.54 Å². The van der Waals surface area contributed by atoms with Crippen molar-refractivity contribution in [3.05, 3.63) is 18.0 Å². The van der Waals surface area contributed by atoms with Gasteiger partial charge in [0.15, 0.2) is 0 Å². The average molecular weight is 198 g/mol. The summed E-state index contributed by atoms with van der Waals surface area (Å²) in [6.45, 7) is 0.955. The van der Waals surface area contributed by atoms with Gasteiger partial charge in [0.2, 0.25) is 0 Å². The number of hydrogen-bond acceptors (Lipinski definition) is 2. The van der Waals surface area contributed by atoms with E-state index < -0.39 is 0 Å². The molecule has 0 saturated heterocycles. The molecule has 0 aromatic carbocycles. The molecule has 0 aliphatic rings. The summed E-state index contributed by atoms with van der Waals surface area (Å²) in [5.41, 5.74) is 1.22. The minimum absolute atomic E-state index is 0. The van der Waals surface area contributed by atoms with E-state index in [1.54, 1.807) is 0 Å². The van der Waals surface area contributed by atoms with E-state index in [-0.39, 0.29) is 24.8 Å². The van der Waals surface area contributed by atoms with Crippen LogP contribution < -0.4 is 0 Å². The third-order valence-electron chi connectivity index (χ3n) is 1.05. The highest BCUT2D eigenvalue weighted by atomic mass is 35.5. The van der Waals surface area contributed by atoms with Crippen LogP contribution in [0.25, 0.3) is 0 Å². The Balaban J connectivity index is 0. The fourth-order valence-electron chi connectivity index (χ4n) is 0.729. The molecule has 0 radical (unpaired) electrons. The van der Waals surface area contributed by atoms with Crippen LogP contribution in [0.2, 0.25) is 0 Å². The molecule has 11 heavy (non-hydrogen) atoms. The van der Waals surface area contributed by atoms with Crippen molar-refractivity contribution in [1.82, 2.24) is 15.1 Å². The molecule has 3 nitrogen and oxygen atoms in total. The number of nitrogens with one attached hydrogen (secondary N) is 1. The molecule has 0 aliphatic carbocycles. The van der Waals surface area contributed by atoms with Gasteiger partial charge in [-0.1, -0.05) is 0 Å². The standard InChI is InChI=1S/C6H11N3.2ClH/c1-9(2)5-6-3-7-8-4-6;;/h3-4H,5H2,1-2H3,(H,7,8);2*1H. The molecule has 1 heterocycles. The Labute approximate surface area is 79.0 Å². The van der Waals surface area contributed by atoms with Crippen molar-refractivity contribution in [1.29, 1.82) is 0 Å². The van der Waals surface area contributed by atoms with Crippen LogP contribution in [0.3, 0.4) is 0 Å². The second kappa shape index (κ2) is 6.46. The zero-order valence-electron chi connectivity index (χ0n) is 6.57. The van der Waals surface area contributed by atoms with Gasteiger partial charge in [0.25, 0.3) is 0 Å². The Morgan fingerprint density at radius 1 is 1.45 bits per heavy atom. The number of rotatable bonds is 2. The zero-order chi connectivity index (χ0) is 6.69. The molecule has 0 spiro atoms. The van der Waals surface area contributed by atoms with Crippen molar-refractivity contribution in [2.45, 2.75) is 6.54 Å². The van der Waals surface area contributed by atoms with Gasteiger partial charge < -0.3 is 4.90 Å². The molecule has 66 valence electrons. The van der Waals surface area contributed by atoms with E-state index in [9.17, 15) is 0 Å². The van der Waals surface area contributed by atoms with E-state index >= 15 is 0 Å². The first-order chi connectivity index (χ1) is 4.29. The molecule has 0 unspecified atom stereocenters. The Kier molecular flexibility index (Phi) is 7.84. The van der Waals surface area contributed by atoms with Crippen molar-refractivity contribution < 1.29 is 0 Å². The second-order valence-electron chi connectivity index (χ2n) is 2.34. The Morgan fingerprint density at radius 2 is 2.09 bits per heavy atom. The summed E-state index contributed by atoms with van der Waals surface area (Å²) in [7, 11) is 4.07. The fourth-order valence-corrected chi connectivity index (χ4v) is 0.729. The molecule has 5 heteroatoms. The normalized spacial score (nSPS) is 8.64. The highest BCUT2D eigenvalue weighted by Gasteiger charge is 1.92. The minimum atomic E-state index is 0. The van der Waals surface area contributed by atoms with Gasteiger partial charge in [-0.15, -0.1) is 24.8 Å². The van der Waals surface area contributed by atoms with Crippen molar-refractivity contribution >= 4 is 24.8 Å². The lowest BCUT2D eigenvalue weighted by atomic mass is 10.3. The van der Waals surface area contributed by atoms with Gasteiger partial charge in [0.05, 0.1) is 6.20 Å². The molecule has 1 N–H and O–H groups in total. The van der Waals surface area contributed by atoms with Gasteiger partial charge in [0, 0.05) is 18.3 Å². The maximum atomic E-state index is 3.82. The van der Waals surface area contributed by atoms with Gasteiger partial charge in [0.1, 0.15) is 0 Å². The molecule has 0 saturated carbocycles. The highest BCUT2D eigenvalue weighted by molar-refractivity contribution is 5.85. The molecule has 1 aromatic heterocycles. The first-order valence-electron chi connectivity index (χ1n) is 2.91. The van der Waals surface area contributed by atoms with Gasteiger partial charge in [-0.05, 0) is 14.1 Å². The summed E-state index contributed by atoms with van der Waals surface area (Å²) in [6.07, 6.45) is 3.74. The number of hydrogen-bond donors (Lipinski definition) is 1. The molecular formula is C6H13Cl2N3. The van der Waals surface area contributed by atoms with Crippen molar-refractivity contribution in [2.75, 3.05) is 14.1 Å². The van der Waals surface area contributed by atoms with E-state index in [1.807, 2.05) is 26.5 Å². The van der Waals surface area contributed by atoms with Gasteiger partial charge >= 0.3 is 0 Å². The van der Waals surface area contributed by atoms with E-state index in [4.69, 9.17) is 0 Å². The summed E-state index contributed by atoms with van der Waals surface area (Å²) in [4.78, 5) is 2.10. The van der Waals surface area contributed by atoms with Crippen molar-refractivity contribution in [3.8, 4) is 0 Å². The fraction of sp³-hybridized carbons (Fsp3) is 0.500. The van der Waals surface area contributed by atoms with E-state index in [2.05, 4.69) is 15.1 Å². The largest absolute Gasteiger partial charge is 0.305 e. The maximum absolute atomic E-state index is 3.82. The average Bonchev–Trinajstić information content (AvgIpc) is 2.15. The van der Waals surface area contributed by atoms with Crippen LogP contribution in [-0.4, -0.2) is 29.2 Å². The monoisotopic (exact) mass is 197 g/mol. The Morgan fingerprint density at radius 3 is 2.45 bits per heavy atom. The molecule has 0 aliphatic heterocycles. The second-order valence-corrected chi connectivity index (χ2v) is 2.34. The summed E-state index contributed by atoms with van der Waals surface area (Å²) in [6, 6.07) is 0.